The van der Waals surface area contributed by atoms with Gasteiger partial charge in [-0.1, -0.05) is 35.9 Å². The number of carbonyl (C=O) groups excluding carboxylic acids is 1. The quantitative estimate of drug-likeness (QED) is 0.589. The second-order valence-corrected chi connectivity index (χ2v) is 5.12. The van der Waals surface area contributed by atoms with Crippen molar-refractivity contribution in [2.75, 3.05) is 5.32 Å². The fourth-order valence-electron chi connectivity index (χ4n) is 1.76. The number of hydrogen-bond donors (Lipinski definition) is 3. The molecule has 0 unspecified atom stereocenters. The number of para-hydroxylation sites is 1. The van der Waals surface area contributed by atoms with Gasteiger partial charge in [-0.3, -0.25) is 15.6 Å². The minimum absolute atomic E-state index is 0.232. The number of amides is 1. The van der Waals surface area contributed by atoms with Gasteiger partial charge in [-0.2, -0.15) is 0 Å². The predicted molar refractivity (Wildman–Crippen MR) is 89.2 cm³/mol. The second-order valence-electron chi connectivity index (χ2n) is 4.71. The van der Waals surface area contributed by atoms with Crippen molar-refractivity contribution in [3.05, 3.63) is 65.2 Å². The number of aryl methyl sites for hydroxylation is 2. The van der Waals surface area contributed by atoms with Crippen LogP contribution < -0.4 is 16.2 Å². The molecule has 3 N–H and O–H groups in total. The zero-order chi connectivity index (χ0) is 15.2. The van der Waals surface area contributed by atoms with Crippen molar-refractivity contribution < 1.29 is 4.79 Å². The van der Waals surface area contributed by atoms with Gasteiger partial charge in [-0.05, 0) is 49.8 Å². The Bertz CT molecular complexity index is 653. The molecule has 1 amide bonds. The second kappa shape index (κ2) is 6.85. The summed E-state index contributed by atoms with van der Waals surface area (Å²) in [5, 5.41) is 3.37. The highest BCUT2D eigenvalue weighted by atomic mass is 32.1. The molecule has 2 aromatic rings. The highest BCUT2D eigenvalue weighted by Crippen LogP contribution is 2.12. The molecule has 0 saturated heterocycles. The van der Waals surface area contributed by atoms with E-state index >= 15 is 0 Å². The number of rotatable bonds is 2. The van der Waals surface area contributed by atoms with E-state index in [0.717, 1.165) is 16.8 Å². The fraction of sp³-hybridized carbons (Fsp3) is 0.125. The Morgan fingerprint density at radius 2 is 1.62 bits per heavy atom. The molecule has 5 heteroatoms. The number of thiocarbonyl (C=S) groups is 1. The summed E-state index contributed by atoms with van der Waals surface area (Å²) < 4.78 is 0. The summed E-state index contributed by atoms with van der Waals surface area (Å²) in [4.78, 5) is 11.9. The topological polar surface area (TPSA) is 53.2 Å². The van der Waals surface area contributed by atoms with Gasteiger partial charge in [0.2, 0.25) is 0 Å². The van der Waals surface area contributed by atoms with Gasteiger partial charge < -0.3 is 5.32 Å². The average molecular weight is 299 g/mol. The Morgan fingerprint density at radius 3 is 2.29 bits per heavy atom. The van der Waals surface area contributed by atoms with Crippen LogP contribution in [0.5, 0.6) is 0 Å². The summed E-state index contributed by atoms with van der Waals surface area (Å²) in [6, 6.07) is 15.1. The molecule has 21 heavy (non-hydrogen) atoms. The maximum Gasteiger partial charge on any atom is 0.269 e. The van der Waals surface area contributed by atoms with Crippen molar-refractivity contribution in [2.45, 2.75) is 13.8 Å². The summed E-state index contributed by atoms with van der Waals surface area (Å²) >= 11 is 5.15. The monoisotopic (exact) mass is 299 g/mol. The lowest BCUT2D eigenvalue weighted by molar-refractivity contribution is 0.0944. The number of carbonyl (C=O) groups is 1. The van der Waals surface area contributed by atoms with E-state index in [2.05, 4.69) is 16.2 Å². The Morgan fingerprint density at radius 1 is 0.952 bits per heavy atom. The molecule has 0 heterocycles. The lowest BCUT2D eigenvalue weighted by atomic mass is 10.1. The van der Waals surface area contributed by atoms with E-state index in [0.29, 0.717) is 10.7 Å². The van der Waals surface area contributed by atoms with Crippen LogP contribution in [-0.2, 0) is 0 Å². The van der Waals surface area contributed by atoms with E-state index in [-0.39, 0.29) is 5.91 Å². The van der Waals surface area contributed by atoms with Crippen molar-refractivity contribution in [3.63, 3.8) is 0 Å². The first-order valence-corrected chi connectivity index (χ1v) is 6.97. The standard InChI is InChI=1S/C16H17N3OS/c1-11-7-9-13(10-8-11)15(20)18-19-16(21)17-14-6-4-3-5-12(14)2/h3-10H,1-2H3,(H,18,20)(H2,17,19,21). The van der Waals surface area contributed by atoms with E-state index in [1.54, 1.807) is 12.1 Å². The third-order valence-electron chi connectivity index (χ3n) is 3.00. The van der Waals surface area contributed by atoms with Crippen LogP contribution in [0.3, 0.4) is 0 Å². The molecule has 0 aliphatic rings. The minimum Gasteiger partial charge on any atom is -0.331 e. The Balaban J connectivity index is 1.88. The SMILES string of the molecule is Cc1ccc(C(=O)NNC(=S)Nc2ccccc2C)cc1. The third-order valence-corrected chi connectivity index (χ3v) is 3.20. The minimum atomic E-state index is -0.232. The molecule has 2 aromatic carbocycles. The lowest BCUT2D eigenvalue weighted by Crippen LogP contribution is -2.43. The number of hydrogen-bond acceptors (Lipinski definition) is 2. The molecule has 108 valence electrons. The van der Waals surface area contributed by atoms with Crippen LogP contribution >= 0.6 is 12.2 Å². The maximum absolute atomic E-state index is 11.9. The van der Waals surface area contributed by atoms with Crippen molar-refractivity contribution in [3.8, 4) is 0 Å². The molecule has 0 fully saturated rings. The van der Waals surface area contributed by atoms with Gasteiger partial charge in [-0.25, -0.2) is 0 Å². The summed E-state index contributed by atoms with van der Waals surface area (Å²) in [5.41, 5.74) is 8.92. The van der Waals surface area contributed by atoms with Crippen molar-refractivity contribution >= 4 is 28.9 Å². The number of nitrogens with one attached hydrogen (secondary N) is 3. The normalized spacial score (nSPS) is 9.81. The van der Waals surface area contributed by atoms with Crippen molar-refractivity contribution in [1.82, 2.24) is 10.9 Å². The lowest BCUT2D eigenvalue weighted by Gasteiger charge is -2.13. The van der Waals surface area contributed by atoms with E-state index in [1.807, 2.05) is 50.2 Å². The molecule has 4 nitrogen and oxygen atoms in total. The smallest absolute Gasteiger partial charge is 0.269 e. The molecule has 0 saturated carbocycles. The van der Waals surface area contributed by atoms with Gasteiger partial charge in [0, 0.05) is 11.3 Å². The van der Waals surface area contributed by atoms with E-state index in [1.165, 1.54) is 0 Å². The van der Waals surface area contributed by atoms with Crippen LogP contribution in [0.4, 0.5) is 5.69 Å². The van der Waals surface area contributed by atoms with Crippen LogP contribution in [-0.4, -0.2) is 11.0 Å². The van der Waals surface area contributed by atoms with Gasteiger partial charge in [0.25, 0.3) is 5.91 Å². The molecule has 2 rings (SSSR count). The van der Waals surface area contributed by atoms with Crippen LogP contribution in [0.2, 0.25) is 0 Å². The number of benzene rings is 2. The van der Waals surface area contributed by atoms with Gasteiger partial charge in [0.15, 0.2) is 5.11 Å². The van der Waals surface area contributed by atoms with Gasteiger partial charge in [0.05, 0.1) is 0 Å². The molecule has 0 spiro atoms. The van der Waals surface area contributed by atoms with Crippen LogP contribution in [0.1, 0.15) is 21.5 Å². The van der Waals surface area contributed by atoms with Crippen molar-refractivity contribution in [1.29, 1.82) is 0 Å². The largest absolute Gasteiger partial charge is 0.331 e. The zero-order valence-electron chi connectivity index (χ0n) is 11.9. The first-order chi connectivity index (χ1) is 10.1. The highest BCUT2D eigenvalue weighted by molar-refractivity contribution is 7.80. The molecule has 0 bridgehead atoms. The third kappa shape index (κ3) is 4.29. The summed E-state index contributed by atoms with van der Waals surface area (Å²) in [5.74, 6) is -0.232. The maximum atomic E-state index is 11.9. The van der Waals surface area contributed by atoms with Gasteiger partial charge in [-0.15, -0.1) is 0 Å². The number of anilines is 1. The summed E-state index contributed by atoms with van der Waals surface area (Å²) in [7, 11) is 0. The first kappa shape index (κ1) is 15.0. The van der Waals surface area contributed by atoms with E-state index < -0.39 is 0 Å². The van der Waals surface area contributed by atoms with Gasteiger partial charge in [0.1, 0.15) is 0 Å². The Hall–Kier alpha value is -2.40. The van der Waals surface area contributed by atoms with Gasteiger partial charge >= 0.3 is 0 Å². The molecular formula is C16H17N3OS. The Labute approximate surface area is 129 Å². The fourth-order valence-corrected chi connectivity index (χ4v) is 1.92. The van der Waals surface area contributed by atoms with E-state index in [4.69, 9.17) is 12.2 Å². The Kier molecular flexibility index (Phi) is 4.90. The summed E-state index contributed by atoms with van der Waals surface area (Å²) in [6.07, 6.45) is 0. The van der Waals surface area contributed by atoms with Crippen LogP contribution in [0.25, 0.3) is 0 Å². The van der Waals surface area contributed by atoms with Crippen LogP contribution in [0, 0.1) is 13.8 Å². The molecule has 0 aromatic heterocycles. The summed E-state index contributed by atoms with van der Waals surface area (Å²) in [6.45, 7) is 3.96. The van der Waals surface area contributed by atoms with Crippen LogP contribution in [0.15, 0.2) is 48.5 Å². The molecule has 0 radical (unpaired) electrons. The molecular weight excluding hydrogens is 282 g/mol. The average Bonchev–Trinajstić information content (AvgIpc) is 2.48. The predicted octanol–water partition coefficient (Wildman–Crippen LogP) is 2.93. The molecule has 0 aliphatic carbocycles. The highest BCUT2D eigenvalue weighted by Gasteiger charge is 2.05. The first-order valence-electron chi connectivity index (χ1n) is 6.56. The number of hydrazine groups is 1. The van der Waals surface area contributed by atoms with E-state index in [9.17, 15) is 4.79 Å². The zero-order valence-corrected chi connectivity index (χ0v) is 12.8. The molecule has 0 aliphatic heterocycles. The molecule has 0 atom stereocenters. The van der Waals surface area contributed by atoms with Crippen molar-refractivity contribution in [2.24, 2.45) is 0 Å².